The number of hydrogen-bond donors (Lipinski definition) is 0. The summed E-state index contributed by atoms with van der Waals surface area (Å²) in [6.45, 7) is 0. The molecule has 1 aliphatic heterocycles. The molecule has 1 fully saturated rings. The standard InChI is InChI=1S/C22H20N2O6/c1-4-15-14-22(20(25)29-2,21(26)30-3)19(23(15)16-10-6-5-7-11-16)17-12-8-9-13-18(17)24(27)28/h1,5-13,15,19H,14H2,2-3H3. The summed E-state index contributed by atoms with van der Waals surface area (Å²) in [5, 5.41) is 11.8. The largest absolute Gasteiger partial charge is 0.468 e. The molecule has 30 heavy (non-hydrogen) atoms. The van der Waals surface area contributed by atoms with Crippen molar-refractivity contribution in [1.29, 1.82) is 0 Å². The highest BCUT2D eigenvalue weighted by atomic mass is 16.6. The summed E-state index contributed by atoms with van der Waals surface area (Å²) in [6, 6.07) is 13.0. The molecule has 0 saturated carbocycles. The lowest BCUT2D eigenvalue weighted by molar-refractivity contribution is -0.385. The van der Waals surface area contributed by atoms with Crippen molar-refractivity contribution in [2.24, 2.45) is 5.41 Å². The van der Waals surface area contributed by atoms with Crippen LogP contribution in [0.5, 0.6) is 0 Å². The van der Waals surface area contributed by atoms with E-state index in [1.807, 2.05) is 0 Å². The number of esters is 2. The summed E-state index contributed by atoms with van der Waals surface area (Å²) >= 11 is 0. The molecule has 0 radical (unpaired) electrons. The number of para-hydroxylation sites is 2. The smallest absolute Gasteiger partial charge is 0.325 e. The van der Waals surface area contributed by atoms with Crippen LogP contribution in [0.2, 0.25) is 0 Å². The quantitative estimate of drug-likeness (QED) is 0.247. The van der Waals surface area contributed by atoms with Gasteiger partial charge < -0.3 is 14.4 Å². The van der Waals surface area contributed by atoms with E-state index in [1.54, 1.807) is 41.3 Å². The summed E-state index contributed by atoms with van der Waals surface area (Å²) < 4.78 is 9.97. The molecule has 2 unspecified atom stereocenters. The zero-order valence-corrected chi connectivity index (χ0v) is 16.5. The Morgan fingerprint density at radius 3 is 2.20 bits per heavy atom. The number of nitrogens with zero attached hydrogens (tertiary/aromatic N) is 2. The Kier molecular flexibility index (Phi) is 5.74. The molecule has 0 amide bonds. The van der Waals surface area contributed by atoms with Crippen molar-refractivity contribution >= 4 is 23.3 Å². The molecule has 0 bridgehead atoms. The Morgan fingerprint density at radius 2 is 1.67 bits per heavy atom. The molecule has 2 aromatic rings. The van der Waals surface area contributed by atoms with Crippen LogP contribution in [0.4, 0.5) is 11.4 Å². The molecule has 1 saturated heterocycles. The van der Waals surface area contributed by atoms with Gasteiger partial charge in [-0.15, -0.1) is 6.42 Å². The van der Waals surface area contributed by atoms with E-state index in [-0.39, 0.29) is 17.7 Å². The number of rotatable bonds is 5. The second kappa shape index (κ2) is 8.25. The fraction of sp³-hybridized carbons (Fsp3) is 0.273. The highest BCUT2D eigenvalue weighted by Crippen LogP contribution is 2.54. The van der Waals surface area contributed by atoms with Crippen molar-refractivity contribution in [3.63, 3.8) is 0 Å². The van der Waals surface area contributed by atoms with E-state index in [2.05, 4.69) is 5.92 Å². The van der Waals surface area contributed by atoms with Gasteiger partial charge in [0.15, 0.2) is 5.41 Å². The first kappa shape index (κ1) is 20.9. The predicted octanol–water partition coefficient (Wildman–Crippen LogP) is 2.88. The molecule has 2 atom stereocenters. The van der Waals surface area contributed by atoms with Crippen LogP contribution < -0.4 is 4.90 Å². The molecule has 2 aromatic carbocycles. The highest BCUT2D eigenvalue weighted by Gasteiger charge is 2.65. The van der Waals surface area contributed by atoms with Crippen LogP contribution >= 0.6 is 0 Å². The van der Waals surface area contributed by atoms with Crippen molar-refractivity contribution in [3.05, 3.63) is 70.3 Å². The van der Waals surface area contributed by atoms with E-state index in [0.717, 1.165) is 14.2 Å². The fourth-order valence-corrected chi connectivity index (χ4v) is 4.14. The zero-order valence-electron chi connectivity index (χ0n) is 16.5. The molecule has 8 heteroatoms. The third-order valence-electron chi connectivity index (χ3n) is 5.37. The van der Waals surface area contributed by atoms with Crippen LogP contribution in [0.1, 0.15) is 18.0 Å². The Morgan fingerprint density at radius 1 is 1.10 bits per heavy atom. The summed E-state index contributed by atoms with van der Waals surface area (Å²) in [5.41, 5.74) is -1.35. The van der Waals surface area contributed by atoms with Gasteiger partial charge in [-0.3, -0.25) is 19.7 Å². The first-order valence-electron chi connectivity index (χ1n) is 9.12. The first-order chi connectivity index (χ1) is 14.4. The lowest BCUT2D eigenvalue weighted by Crippen LogP contribution is -2.46. The number of ether oxygens (including phenoxy) is 2. The summed E-state index contributed by atoms with van der Waals surface area (Å²) in [7, 11) is 2.30. The Labute approximate surface area is 173 Å². The van der Waals surface area contributed by atoms with Crippen LogP contribution in [0.3, 0.4) is 0 Å². The number of carbonyl (C=O) groups excluding carboxylic acids is 2. The van der Waals surface area contributed by atoms with Gasteiger partial charge in [-0.2, -0.15) is 0 Å². The summed E-state index contributed by atoms with van der Waals surface area (Å²) in [5.74, 6) is 0.885. The minimum Gasteiger partial charge on any atom is -0.468 e. The molecule has 0 aliphatic carbocycles. The van der Waals surface area contributed by atoms with Crippen LogP contribution in [0.25, 0.3) is 0 Å². The second-order valence-electron chi connectivity index (χ2n) is 6.80. The van der Waals surface area contributed by atoms with Crippen molar-refractivity contribution in [2.45, 2.75) is 18.5 Å². The molecule has 0 aromatic heterocycles. The molecule has 154 valence electrons. The SMILES string of the molecule is C#CC1CC(C(=O)OC)(C(=O)OC)C(c2ccccc2[N+](=O)[O-])N1c1ccccc1. The van der Waals surface area contributed by atoms with Crippen LogP contribution in [-0.2, 0) is 19.1 Å². The van der Waals surface area contributed by atoms with Gasteiger partial charge in [-0.1, -0.05) is 42.3 Å². The van der Waals surface area contributed by atoms with Crippen molar-refractivity contribution in [3.8, 4) is 12.3 Å². The summed E-state index contributed by atoms with van der Waals surface area (Å²) in [4.78, 5) is 39.0. The molecule has 1 heterocycles. The molecular weight excluding hydrogens is 388 g/mol. The van der Waals surface area contributed by atoms with E-state index < -0.39 is 34.4 Å². The van der Waals surface area contributed by atoms with Gasteiger partial charge in [0.1, 0.15) is 0 Å². The van der Waals surface area contributed by atoms with Gasteiger partial charge in [0, 0.05) is 18.2 Å². The molecular formula is C22H20N2O6. The van der Waals surface area contributed by atoms with E-state index in [4.69, 9.17) is 15.9 Å². The summed E-state index contributed by atoms with van der Waals surface area (Å²) in [6.07, 6.45) is 5.66. The van der Waals surface area contributed by atoms with Crippen molar-refractivity contribution in [2.75, 3.05) is 19.1 Å². The molecule has 1 aliphatic rings. The number of carbonyl (C=O) groups is 2. The number of terminal acetylenes is 1. The molecule has 0 N–H and O–H groups in total. The van der Waals surface area contributed by atoms with Gasteiger partial charge >= 0.3 is 11.9 Å². The topological polar surface area (TPSA) is 99.0 Å². The van der Waals surface area contributed by atoms with Gasteiger partial charge in [0.2, 0.25) is 0 Å². The monoisotopic (exact) mass is 408 g/mol. The van der Waals surface area contributed by atoms with E-state index >= 15 is 0 Å². The normalized spacial score (nSPS) is 19.6. The molecule has 8 nitrogen and oxygen atoms in total. The fourth-order valence-electron chi connectivity index (χ4n) is 4.14. The van der Waals surface area contributed by atoms with Crippen molar-refractivity contribution in [1.82, 2.24) is 0 Å². The predicted molar refractivity (Wildman–Crippen MR) is 108 cm³/mol. The van der Waals surface area contributed by atoms with Gasteiger partial charge in [0.05, 0.1) is 36.8 Å². The van der Waals surface area contributed by atoms with E-state index in [1.165, 1.54) is 18.2 Å². The molecule has 0 spiro atoms. The van der Waals surface area contributed by atoms with Gasteiger partial charge in [-0.05, 0) is 12.1 Å². The Hall–Kier alpha value is -3.86. The number of hydrogen-bond acceptors (Lipinski definition) is 7. The zero-order chi connectivity index (χ0) is 21.9. The number of nitro groups is 1. The van der Waals surface area contributed by atoms with Crippen LogP contribution in [-0.4, -0.2) is 37.1 Å². The first-order valence-corrected chi connectivity index (χ1v) is 9.12. The third-order valence-corrected chi connectivity index (χ3v) is 5.37. The maximum absolute atomic E-state index is 13.1. The lowest BCUT2D eigenvalue weighted by Gasteiger charge is -2.35. The van der Waals surface area contributed by atoms with E-state index in [9.17, 15) is 19.7 Å². The Balaban J connectivity index is 2.38. The maximum atomic E-state index is 13.1. The highest BCUT2D eigenvalue weighted by molar-refractivity contribution is 6.03. The van der Waals surface area contributed by atoms with Crippen LogP contribution in [0, 0.1) is 27.9 Å². The van der Waals surface area contributed by atoms with Crippen molar-refractivity contribution < 1.29 is 24.0 Å². The van der Waals surface area contributed by atoms with Crippen LogP contribution in [0.15, 0.2) is 54.6 Å². The Bertz CT molecular complexity index is 998. The minimum absolute atomic E-state index is 0.117. The van der Waals surface area contributed by atoms with E-state index in [0.29, 0.717) is 5.69 Å². The van der Waals surface area contributed by atoms with Gasteiger partial charge in [-0.25, -0.2) is 0 Å². The number of anilines is 1. The maximum Gasteiger partial charge on any atom is 0.325 e. The second-order valence-corrected chi connectivity index (χ2v) is 6.80. The third kappa shape index (κ3) is 3.14. The number of benzene rings is 2. The van der Waals surface area contributed by atoms with Gasteiger partial charge in [0.25, 0.3) is 5.69 Å². The molecule has 3 rings (SSSR count). The average molecular weight is 408 g/mol. The average Bonchev–Trinajstić information content (AvgIpc) is 3.14. The number of nitro benzene ring substituents is 1. The number of methoxy groups -OCH3 is 2. The minimum atomic E-state index is -1.89. The lowest BCUT2D eigenvalue weighted by atomic mass is 9.75.